The minimum atomic E-state index is -0.383. The third kappa shape index (κ3) is 4.97. The minimum Gasteiger partial charge on any atom is -0.465 e. The number of hydrogen-bond donors (Lipinski definition) is 0. The molecule has 0 saturated heterocycles. The molecule has 0 spiro atoms. The van der Waals surface area contributed by atoms with Crippen LogP contribution in [0.1, 0.15) is 81.1 Å². The van der Waals surface area contributed by atoms with Crippen LogP contribution in [-0.4, -0.2) is 25.5 Å². The predicted octanol–water partition coefficient (Wildman–Crippen LogP) is 5.06. The second kappa shape index (κ2) is 9.07. The van der Waals surface area contributed by atoms with E-state index in [0.29, 0.717) is 17.2 Å². The molecule has 1 aromatic carbocycles. The van der Waals surface area contributed by atoms with Crippen LogP contribution in [0.4, 0.5) is 0 Å². The van der Waals surface area contributed by atoms with Gasteiger partial charge in [-0.2, -0.15) is 0 Å². The molecule has 0 aliphatic heterocycles. The lowest BCUT2D eigenvalue weighted by Gasteiger charge is -2.26. The first-order chi connectivity index (χ1) is 11.5. The first-order valence-electron chi connectivity index (χ1n) is 9.09. The maximum atomic E-state index is 12.1. The molecule has 4 heteroatoms. The van der Waals surface area contributed by atoms with Gasteiger partial charge in [-0.25, -0.2) is 4.79 Å². The molecule has 0 aromatic heterocycles. The van der Waals surface area contributed by atoms with E-state index in [9.17, 15) is 4.79 Å². The summed E-state index contributed by atoms with van der Waals surface area (Å²) in [6, 6.07) is 5.75. The van der Waals surface area contributed by atoms with Crippen LogP contribution in [0, 0.1) is 0 Å². The van der Waals surface area contributed by atoms with Crippen molar-refractivity contribution >= 4 is 5.97 Å². The predicted molar refractivity (Wildman–Crippen MR) is 94.5 cm³/mol. The van der Waals surface area contributed by atoms with Crippen LogP contribution < -0.4 is 4.74 Å². The van der Waals surface area contributed by atoms with E-state index in [1.165, 1.54) is 26.4 Å². The van der Waals surface area contributed by atoms with Crippen molar-refractivity contribution in [2.75, 3.05) is 7.11 Å². The summed E-state index contributed by atoms with van der Waals surface area (Å²) in [4.78, 5) is 12.1. The molecule has 4 nitrogen and oxygen atoms in total. The normalized spacial score (nSPS) is 18.0. The number of carbonyl (C=O) groups is 1. The van der Waals surface area contributed by atoms with Gasteiger partial charge in [0.1, 0.15) is 11.3 Å². The fraction of sp³-hybridized carbons (Fsp3) is 0.650. The number of ether oxygens (including phenoxy) is 3. The van der Waals surface area contributed by atoms with Crippen LogP contribution in [-0.2, 0) is 9.47 Å². The lowest BCUT2D eigenvalue weighted by molar-refractivity contribution is -0.117. The fourth-order valence-electron chi connectivity index (χ4n) is 3.14. The molecule has 0 bridgehead atoms. The Morgan fingerprint density at radius 2 is 1.92 bits per heavy atom. The number of benzene rings is 1. The number of hydrogen-bond acceptors (Lipinski definition) is 4. The molecular weight excluding hydrogens is 304 g/mol. The van der Waals surface area contributed by atoms with Crippen LogP contribution in [0.5, 0.6) is 5.75 Å². The zero-order chi connectivity index (χ0) is 17.5. The number of esters is 1. The monoisotopic (exact) mass is 334 g/mol. The van der Waals surface area contributed by atoms with Crippen molar-refractivity contribution in [3.8, 4) is 5.75 Å². The molecule has 2 atom stereocenters. The van der Waals surface area contributed by atoms with E-state index < -0.39 is 0 Å². The van der Waals surface area contributed by atoms with Gasteiger partial charge in [0.15, 0.2) is 6.29 Å². The van der Waals surface area contributed by atoms with Gasteiger partial charge in [-0.15, -0.1) is 0 Å². The second-order valence-electron chi connectivity index (χ2n) is 6.64. The van der Waals surface area contributed by atoms with Crippen LogP contribution in [0.15, 0.2) is 18.2 Å². The van der Waals surface area contributed by atoms with Crippen LogP contribution in [0.3, 0.4) is 0 Å². The topological polar surface area (TPSA) is 44.8 Å². The molecule has 0 amide bonds. The van der Waals surface area contributed by atoms with Crippen LogP contribution in [0.25, 0.3) is 0 Å². The van der Waals surface area contributed by atoms with Crippen molar-refractivity contribution in [3.63, 3.8) is 0 Å². The zero-order valence-corrected chi connectivity index (χ0v) is 15.3. The fourth-order valence-corrected chi connectivity index (χ4v) is 3.14. The maximum absolute atomic E-state index is 12.1. The van der Waals surface area contributed by atoms with Crippen molar-refractivity contribution in [3.05, 3.63) is 29.3 Å². The quantitative estimate of drug-likeness (QED) is 0.516. The lowest BCUT2D eigenvalue weighted by Crippen LogP contribution is -2.26. The summed E-state index contributed by atoms with van der Waals surface area (Å²) in [5.74, 6) is 0.538. The Bertz CT molecular complexity index is 534. The van der Waals surface area contributed by atoms with Gasteiger partial charge in [0.05, 0.1) is 13.2 Å². The molecular formula is C20H30O4. The Balaban J connectivity index is 2.10. The maximum Gasteiger partial charge on any atom is 0.341 e. The Labute approximate surface area is 145 Å². The SMILES string of the molecule is CCC(C)c1ccc(OC(C)OC2CCCCC2)c(C(=O)OC)c1. The second-order valence-corrected chi connectivity index (χ2v) is 6.64. The molecule has 1 aliphatic rings. The summed E-state index contributed by atoms with van der Waals surface area (Å²) in [7, 11) is 1.39. The highest BCUT2D eigenvalue weighted by atomic mass is 16.7. The highest BCUT2D eigenvalue weighted by Gasteiger charge is 2.21. The van der Waals surface area contributed by atoms with E-state index in [0.717, 1.165) is 24.8 Å². The van der Waals surface area contributed by atoms with Gasteiger partial charge in [-0.05, 0) is 49.8 Å². The van der Waals surface area contributed by atoms with Gasteiger partial charge in [0.25, 0.3) is 0 Å². The van der Waals surface area contributed by atoms with Gasteiger partial charge in [-0.3, -0.25) is 0 Å². The molecule has 2 unspecified atom stereocenters. The highest BCUT2D eigenvalue weighted by molar-refractivity contribution is 5.92. The van der Waals surface area contributed by atoms with Crippen molar-refractivity contribution in [1.82, 2.24) is 0 Å². The Morgan fingerprint density at radius 1 is 1.21 bits per heavy atom. The van der Waals surface area contributed by atoms with Crippen molar-refractivity contribution in [2.45, 2.75) is 77.6 Å². The van der Waals surface area contributed by atoms with Gasteiger partial charge in [-0.1, -0.05) is 39.2 Å². The summed E-state index contributed by atoms with van der Waals surface area (Å²) in [5.41, 5.74) is 1.58. The Morgan fingerprint density at radius 3 is 2.54 bits per heavy atom. The molecule has 1 aliphatic carbocycles. The average molecular weight is 334 g/mol. The summed E-state index contributed by atoms with van der Waals surface area (Å²) in [5, 5.41) is 0. The Kier molecular flexibility index (Phi) is 7.10. The third-order valence-electron chi connectivity index (χ3n) is 4.82. The van der Waals surface area contributed by atoms with E-state index >= 15 is 0 Å². The largest absolute Gasteiger partial charge is 0.465 e. The minimum absolute atomic E-state index is 0.259. The molecule has 2 rings (SSSR count). The van der Waals surface area contributed by atoms with E-state index in [4.69, 9.17) is 14.2 Å². The molecule has 1 aromatic rings. The first kappa shape index (κ1) is 18.8. The van der Waals surface area contributed by atoms with E-state index in [-0.39, 0.29) is 18.4 Å². The summed E-state index contributed by atoms with van der Waals surface area (Å²) in [6.07, 6.45) is 6.79. The summed E-state index contributed by atoms with van der Waals surface area (Å²) in [6.45, 7) is 6.16. The summed E-state index contributed by atoms with van der Waals surface area (Å²) >= 11 is 0. The first-order valence-corrected chi connectivity index (χ1v) is 9.09. The molecule has 0 N–H and O–H groups in total. The number of methoxy groups -OCH3 is 1. The van der Waals surface area contributed by atoms with Crippen LogP contribution >= 0.6 is 0 Å². The molecule has 134 valence electrons. The number of rotatable bonds is 7. The van der Waals surface area contributed by atoms with Gasteiger partial charge >= 0.3 is 5.97 Å². The van der Waals surface area contributed by atoms with E-state index in [1.807, 2.05) is 25.1 Å². The van der Waals surface area contributed by atoms with Crippen LogP contribution in [0.2, 0.25) is 0 Å². The lowest BCUT2D eigenvalue weighted by atomic mass is 9.96. The van der Waals surface area contributed by atoms with Gasteiger partial charge in [0, 0.05) is 0 Å². The number of carbonyl (C=O) groups excluding carboxylic acids is 1. The van der Waals surface area contributed by atoms with Gasteiger partial charge in [0.2, 0.25) is 0 Å². The standard InChI is InChI=1S/C20H30O4/c1-5-14(2)16-11-12-19(18(13-16)20(21)22-4)24-15(3)23-17-9-7-6-8-10-17/h11-15,17H,5-10H2,1-4H3. The smallest absolute Gasteiger partial charge is 0.341 e. The molecule has 0 heterocycles. The average Bonchev–Trinajstić information content (AvgIpc) is 2.61. The van der Waals surface area contributed by atoms with E-state index in [2.05, 4.69) is 13.8 Å². The van der Waals surface area contributed by atoms with Crippen molar-refractivity contribution < 1.29 is 19.0 Å². The van der Waals surface area contributed by atoms with E-state index in [1.54, 1.807) is 0 Å². The highest BCUT2D eigenvalue weighted by Crippen LogP contribution is 2.28. The molecule has 1 saturated carbocycles. The molecule has 0 radical (unpaired) electrons. The van der Waals surface area contributed by atoms with Crippen molar-refractivity contribution in [1.29, 1.82) is 0 Å². The van der Waals surface area contributed by atoms with Gasteiger partial charge < -0.3 is 14.2 Å². The zero-order valence-electron chi connectivity index (χ0n) is 15.3. The third-order valence-corrected chi connectivity index (χ3v) is 4.82. The summed E-state index contributed by atoms with van der Waals surface area (Å²) < 4.78 is 16.8. The molecule has 24 heavy (non-hydrogen) atoms. The molecule has 1 fully saturated rings. The van der Waals surface area contributed by atoms with Crippen molar-refractivity contribution in [2.24, 2.45) is 0 Å². The Hall–Kier alpha value is -1.55.